The van der Waals surface area contributed by atoms with Crippen LogP contribution in [0.2, 0.25) is 0 Å². The molecule has 0 bridgehead atoms. The first kappa shape index (κ1) is 20.5. The molecule has 2 amide bonds. The van der Waals surface area contributed by atoms with E-state index in [1.807, 2.05) is 0 Å². The van der Waals surface area contributed by atoms with Crippen LogP contribution in [0.3, 0.4) is 0 Å². The van der Waals surface area contributed by atoms with Crippen molar-refractivity contribution in [2.24, 2.45) is 0 Å². The molecule has 0 spiro atoms. The minimum absolute atomic E-state index is 0.113. The van der Waals surface area contributed by atoms with Crippen LogP contribution >= 0.6 is 0 Å². The number of nitrogens with zero attached hydrogens (tertiary/aromatic N) is 1. The summed E-state index contributed by atoms with van der Waals surface area (Å²) in [6.45, 7) is -0.286. The molecule has 2 aromatic carbocycles. The Labute approximate surface area is 164 Å². The second-order valence-corrected chi connectivity index (χ2v) is 6.38. The molecule has 1 heterocycles. The highest BCUT2D eigenvalue weighted by molar-refractivity contribution is 5.95. The highest BCUT2D eigenvalue weighted by Gasteiger charge is 2.33. The maximum absolute atomic E-state index is 13.0. The van der Waals surface area contributed by atoms with Crippen LogP contribution in [0.4, 0.5) is 24.5 Å². The topological polar surface area (TPSA) is 79.9 Å². The highest BCUT2D eigenvalue weighted by Crippen LogP contribution is 2.35. The van der Waals surface area contributed by atoms with Crippen LogP contribution in [0, 0.1) is 0 Å². The van der Waals surface area contributed by atoms with E-state index >= 15 is 0 Å². The van der Waals surface area contributed by atoms with E-state index in [1.54, 1.807) is 18.2 Å². The van der Waals surface area contributed by atoms with Crippen LogP contribution in [0.25, 0.3) is 0 Å². The molecule has 29 heavy (non-hydrogen) atoms. The number of anilines is 2. The highest BCUT2D eigenvalue weighted by atomic mass is 19.4. The smallest absolute Gasteiger partial charge is 0.418 e. The van der Waals surface area contributed by atoms with Crippen molar-refractivity contribution in [1.29, 1.82) is 0 Å². The van der Waals surface area contributed by atoms with Gasteiger partial charge in [-0.3, -0.25) is 14.5 Å². The van der Waals surface area contributed by atoms with E-state index in [2.05, 4.69) is 10.6 Å². The van der Waals surface area contributed by atoms with Gasteiger partial charge in [-0.15, -0.1) is 0 Å². The number of alkyl halides is 3. The maximum atomic E-state index is 13.0. The van der Waals surface area contributed by atoms with Crippen molar-refractivity contribution >= 4 is 23.2 Å². The number of carbonyl (C=O) groups excluding carboxylic acids is 2. The monoisotopic (exact) mass is 409 g/mol. The number of amides is 2. The predicted molar refractivity (Wildman–Crippen MR) is 98.8 cm³/mol. The third-order valence-electron chi connectivity index (χ3n) is 3.99. The summed E-state index contributed by atoms with van der Waals surface area (Å²) in [5.74, 6) is 0.0322. The van der Waals surface area contributed by atoms with E-state index in [0.29, 0.717) is 17.2 Å². The van der Waals surface area contributed by atoms with E-state index in [9.17, 15) is 22.8 Å². The quantitative estimate of drug-likeness (QED) is 0.767. The molecule has 2 N–H and O–H groups in total. The number of hydrogen-bond acceptors (Lipinski definition) is 5. The Balaban J connectivity index is 1.52. The van der Waals surface area contributed by atoms with Crippen molar-refractivity contribution in [2.45, 2.75) is 6.18 Å². The van der Waals surface area contributed by atoms with E-state index in [-0.39, 0.29) is 25.6 Å². The molecule has 0 saturated carbocycles. The Morgan fingerprint density at radius 3 is 2.38 bits per heavy atom. The molecule has 3 rings (SSSR count). The number of halogens is 3. The van der Waals surface area contributed by atoms with Gasteiger partial charge < -0.3 is 20.1 Å². The summed E-state index contributed by atoms with van der Waals surface area (Å²) in [6.07, 6.45) is -4.58. The minimum Gasteiger partial charge on any atom is -0.454 e. The summed E-state index contributed by atoms with van der Waals surface area (Å²) in [5, 5.41) is 4.89. The first-order valence-electron chi connectivity index (χ1n) is 8.56. The molecule has 0 aromatic heterocycles. The van der Waals surface area contributed by atoms with Gasteiger partial charge in [0.05, 0.1) is 24.3 Å². The Morgan fingerprint density at radius 1 is 1.00 bits per heavy atom. The minimum atomic E-state index is -4.58. The number of hydrogen-bond donors (Lipinski definition) is 2. The standard InChI is InChI=1S/C19H18F3N3O4/c1-25(9-17(26)23-12-6-7-15-16(8-12)29-11-28-15)10-18(27)24-14-5-3-2-4-13(14)19(20,21)22/h2-8H,9-11H2,1H3,(H,23,26)(H,24,27). The van der Waals surface area contributed by atoms with Crippen molar-refractivity contribution < 1.29 is 32.2 Å². The van der Waals surface area contributed by atoms with E-state index in [4.69, 9.17) is 9.47 Å². The van der Waals surface area contributed by atoms with Crippen LogP contribution in [0.1, 0.15) is 5.56 Å². The number of benzene rings is 2. The van der Waals surface area contributed by atoms with Gasteiger partial charge >= 0.3 is 6.18 Å². The average molecular weight is 409 g/mol. The second-order valence-electron chi connectivity index (χ2n) is 6.38. The number of nitrogens with one attached hydrogen (secondary N) is 2. The Morgan fingerprint density at radius 2 is 1.66 bits per heavy atom. The molecule has 7 nitrogen and oxygen atoms in total. The zero-order chi connectivity index (χ0) is 21.0. The van der Waals surface area contributed by atoms with Gasteiger partial charge in [-0.05, 0) is 31.3 Å². The largest absolute Gasteiger partial charge is 0.454 e. The maximum Gasteiger partial charge on any atom is 0.418 e. The van der Waals surface area contributed by atoms with Crippen LogP contribution in [-0.2, 0) is 15.8 Å². The Kier molecular flexibility index (Phi) is 5.92. The Bertz CT molecular complexity index is 918. The van der Waals surface area contributed by atoms with Gasteiger partial charge in [0.25, 0.3) is 0 Å². The van der Waals surface area contributed by atoms with Crippen molar-refractivity contribution in [3.63, 3.8) is 0 Å². The molecule has 2 aromatic rings. The van der Waals surface area contributed by atoms with Crippen molar-refractivity contribution in [1.82, 2.24) is 4.90 Å². The second kappa shape index (κ2) is 8.39. The number of fused-ring (bicyclic) bond motifs is 1. The third kappa shape index (κ3) is 5.38. The van der Waals surface area contributed by atoms with E-state index in [0.717, 1.165) is 6.07 Å². The fraction of sp³-hybridized carbons (Fsp3) is 0.263. The van der Waals surface area contributed by atoms with Gasteiger partial charge in [0.15, 0.2) is 11.5 Å². The molecule has 0 aliphatic carbocycles. The van der Waals surface area contributed by atoms with Crippen molar-refractivity contribution in [3.8, 4) is 11.5 Å². The summed E-state index contributed by atoms with van der Waals surface area (Å²) in [6, 6.07) is 9.62. The van der Waals surface area contributed by atoms with Crippen LogP contribution in [0.5, 0.6) is 11.5 Å². The lowest BCUT2D eigenvalue weighted by Gasteiger charge is -2.17. The molecule has 154 valence electrons. The number of carbonyl (C=O) groups is 2. The molecular weight excluding hydrogens is 391 g/mol. The zero-order valence-electron chi connectivity index (χ0n) is 15.4. The summed E-state index contributed by atoms with van der Waals surface area (Å²) < 4.78 is 49.4. The first-order chi connectivity index (χ1) is 13.7. The van der Waals surface area contributed by atoms with Crippen molar-refractivity contribution in [3.05, 3.63) is 48.0 Å². The summed E-state index contributed by atoms with van der Waals surface area (Å²) in [5.41, 5.74) is -0.768. The predicted octanol–water partition coefficient (Wildman–Crippen LogP) is 2.94. The Hall–Kier alpha value is -3.27. The number of para-hydroxylation sites is 1. The summed E-state index contributed by atoms with van der Waals surface area (Å²) in [7, 11) is 1.51. The van der Waals surface area contributed by atoms with Crippen molar-refractivity contribution in [2.75, 3.05) is 37.6 Å². The lowest BCUT2D eigenvalue weighted by molar-refractivity contribution is -0.137. The van der Waals surface area contributed by atoms with E-state index < -0.39 is 23.6 Å². The molecule has 1 aliphatic rings. The molecule has 1 aliphatic heterocycles. The lowest BCUT2D eigenvalue weighted by Crippen LogP contribution is -2.36. The van der Waals surface area contributed by atoms with Gasteiger partial charge in [0.1, 0.15) is 0 Å². The van der Waals surface area contributed by atoms with Crippen LogP contribution in [-0.4, -0.2) is 43.6 Å². The fourth-order valence-corrected chi connectivity index (χ4v) is 2.75. The number of rotatable bonds is 6. The van der Waals surface area contributed by atoms with Gasteiger partial charge in [-0.25, -0.2) is 0 Å². The van der Waals surface area contributed by atoms with Crippen LogP contribution in [0.15, 0.2) is 42.5 Å². The molecular formula is C19H18F3N3O4. The molecule has 0 unspecified atom stereocenters. The summed E-state index contributed by atoms with van der Waals surface area (Å²) >= 11 is 0. The molecule has 0 atom stereocenters. The number of likely N-dealkylation sites (N-methyl/N-ethyl adjacent to an activating group) is 1. The lowest BCUT2D eigenvalue weighted by atomic mass is 10.1. The van der Waals surface area contributed by atoms with Gasteiger partial charge in [0, 0.05) is 11.8 Å². The molecule has 10 heteroatoms. The normalized spacial score (nSPS) is 12.7. The number of ether oxygens (including phenoxy) is 2. The third-order valence-corrected chi connectivity index (χ3v) is 3.99. The summed E-state index contributed by atoms with van der Waals surface area (Å²) in [4.78, 5) is 25.6. The van der Waals surface area contributed by atoms with Gasteiger partial charge in [-0.2, -0.15) is 13.2 Å². The SMILES string of the molecule is CN(CC(=O)Nc1ccc2c(c1)OCO2)CC(=O)Nc1ccccc1C(F)(F)F. The molecule has 0 saturated heterocycles. The average Bonchev–Trinajstić information content (AvgIpc) is 3.08. The molecule has 0 radical (unpaired) electrons. The fourth-order valence-electron chi connectivity index (χ4n) is 2.75. The molecule has 0 fully saturated rings. The van der Waals surface area contributed by atoms with Gasteiger partial charge in [-0.1, -0.05) is 12.1 Å². The van der Waals surface area contributed by atoms with Gasteiger partial charge in [0.2, 0.25) is 18.6 Å². The van der Waals surface area contributed by atoms with E-state index in [1.165, 1.54) is 30.1 Å². The zero-order valence-corrected chi connectivity index (χ0v) is 15.4. The van der Waals surface area contributed by atoms with Crippen LogP contribution < -0.4 is 20.1 Å². The first-order valence-corrected chi connectivity index (χ1v) is 8.56.